The average molecular weight is 258 g/mol. The Bertz CT molecular complexity index is 308. The molecule has 0 bridgehead atoms. The van der Waals surface area contributed by atoms with Crippen molar-refractivity contribution < 1.29 is 14.7 Å². The summed E-state index contributed by atoms with van der Waals surface area (Å²) in [5.74, 6) is -0.694. The fourth-order valence-corrected chi connectivity index (χ4v) is 1.51. The van der Waals surface area contributed by atoms with Crippen LogP contribution in [-0.2, 0) is 4.79 Å². The first kappa shape index (κ1) is 16.7. The maximum Gasteiger partial charge on any atom is 0.326 e. The molecular weight excluding hydrogens is 232 g/mol. The van der Waals surface area contributed by atoms with Gasteiger partial charge in [0.05, 0.1) is 0 Å². The van der Waals surface area contributed by atoms with Crippen molar-refractivity contribution in [1.82, 2.24) is 10.2 Å². The molecule has 0 aromatic carbocycles. The van der Waals surface area contributed by atoms with E-state index in [9.17, 15) is 9.59 Å². The summed E-state index contributed by atoms with van der Waals surface area (Å²) >= 11 is 0. The summed E-state index contributed by atoms with van der Waals surface area (Å²) in [5, 5.41) is 11.7. The van der Waals surface area contributed by atoms with Crippen LogP contribution in [0.2, 0.25) is 0 Å². The molecule has 0 aliphatic rings. The summed E-state index contributed by atoms with van der Waals surface area (Å²) in [6.45, 7) is 11.4. The number of amides is 2. The van der Waals surface area contributed by atoms with E-state index in [4.69, 9.17) is 5.11 Å². The van der Waals surface area contributed by atoms with E-state index in [0.717, 1.165) is 0 Å². The number of carbonyl (C=O) groups is 2. The van der Waals surface area contributed by atoms with E-state index in [1.165, 1.54) is 0 Å². The van der Waals surface area contributed by atoms with Gasteiger partial charge in [0.1, 0.15) is 6.04 Å². The molecule has 2 amide bonds. The van der Waals surface area contributed by atoms with Gasteiger partial charge >= 0.3 is 12.0 Å². The van der Waals surface area contributed by atoms with Crippen LogP contribution in [0.3, 0.4) is 0 Å². The topological polar surface area (TPSA) is 69.6 Å². The summed E-state index contributed by atoms with van der Waals surface area (Å²) < 4.78 is 0. The smallest absolute Gasteiger partial charge is 0.326 e. The number of nitrogens with zero attached hydrogens (tertiary/aromatic N) is 1. The van der Waals surface area contributed by atoms with Gasteiger partial charge in [-0.1, -0.05) is 34.6 Å². The number of hydrogen-bond donors (Lipinski definition) is 2. The van der Waals surface area contributed by atoms with E-state index in [1.54, 1.807) is 32.7 Å². The van der Waals surface area contributed by atoms with E-state index >= 15 is 0 Å². The number of urea groups is 1. The average Bonchev–Trinajstić information content (AvgIpc) is 2.20. The molecule has 106 valence electrons. The second-order valence-corrected chi connectivity index (χ2v) is 6.18. The van der Waals surface area contributed by atoms with Gasteiger partial charge in [0.15, 0.2) is 0 Å². The summed E-state index contributed by atoms with van der Waals surface area (Å²) in [5.41, 5.74) is -0.524. The Hall–Kier alpha value is -1.26. The third-order valence-electron chi connectivity index (χ3n) is 3.28. The first-order chi connectivity index (χ1) is 7.98. The third-order valence-corrected chi connectivity index (χ3v) is 3.28. The Labute approximate surface area is 110 Å². The Morgan fingerprint density at radius 1 is 1.17 bits per heavy atom. The maximum absolute atomic E-state index is 12.0. The largest absolute Gasteiger partial charge is 0.480 e. The maximum atomic E-state index is 12.0. The van der Waals surface area contributed by atoms with Crippen LogP contribution in [0.1, 0.15) is 41.5 Å². The molecule has 0 saturated heterocycles. The zero-order valence-electron chi connectivity index (χ0n) is 12.4. The number of nitrogens with one attached hydrogen (secondary N) is 1. The van der Waals surface area contributed by atoms with Crippen LogP contribution in [0, 0.1) is 11.3 Å². The van der Waals surface area contributed by atoms with E-state index in [1.807, 2.05) is 20.8 Å². The molecule has 0 heterocycles. The van der Waals surface area contributed by atoms with Gasteiger partial charge in [0.25, 0.3) is 0 Å². The summed E-state index contributed by atoms with van der Waals surface area (Å²) in [7, 11) is 1.68. The quantitative estimate of drug-likeness (QED) is 0.812. The van der Waals surface area contributed by atoms with Crippen LogP contribution < -0.4 is 5.32 Å². The fraction of sp³-hybridized carbons (Fsp3) is 0.846. The minimum Gasteiger partial charge on any atom is -0.480 e. The lowest BCUT2D eigenvalue weighted by atomic mass is 9.87. The van der Waals surface area contributed by atoms with Crippen molar-refractivity contribution in [1.29, 1.82) is 0 Å². The van der Waals surface area contributed by atoms with E-state index < -0.39 is 17.4 Å². The highest BCUT2D eigenvalue weighted by Crippen LogP contribution is 2.20. The van der Waals surface area contributed by atoms with Crippen LogP contribution in [0.25, 0.3) is 0 Å². The Morgan fingerprint density at radius 2 is 1.61 bits per heavy atom. The molecule has 18 heavy (non-hydrogen) atoms. The van der Waals surface area contributed by atoms with Crippen molar-refractivity contribution in [2.75, 3.05) is 7.05 Å². The second-order valence-electron chi connectivity index (χ2n) is 6.18. The van der Waals surface area contributed by atoms with Crippen molar-refractivity contribution in [2.24, 2.45) is 11.3 Å². The highest BCUT2D eigenvalue weighted by atomic mass is 16.4. The van der Waals surface area contributed by atoms with Crippen molar-refractivity contribution in [2.45, 2.75) is 53.6 Å². The number of carboxylic acids is 1. The molecule has 0 aliphatic carbocycles. The normalized spacial score (nSPS) is 15.1. The summed E-state index contributed by atoms with van der Waals surface area (Å²) in [6.07, 6.45) is 0. The molecule has 0 aliphatic heterocycles. The SMILES string of the molecule is CC(C)C(C)N(C)C(=O)NC(C(=O)O)C(C)(C)C. The fourth-order valence-electron chi connectivity index (χ4n) is 1.51. The first-order valence-corrected chi connectivity index (χ1v) is 6.24. The Balaban J connectivity index is 4.77. The molecule has 0 spiro atoms. The van der Waals surface area contributed by atoms with Gasteiger partial charge in [-0.2, -0.15) is 0 Å². The number of carbonyl (C=O) groups excluding carboxylic acids is 1. The van der Waals surface area contributed by atoms with Crippen LogP contribution >= 0.6 is 0 Å². The molecular formula is C13H26N2O3. The van der Waals surface area contributed by atoms with Gasteiger partial charge in [-0.25, -0.2) is 9.59 Å². The number of hydrogen-bond acceptors (Lipinski definition) is 2. The van der Waals surface area contributed by atoms with Crippen LogP contribution in [0.15, 0.2) is 0 Å². The van der Waals surface area contributed by atoms with E-state index in [0.29, 0.717) is 5.92 Å². The molecule has 0 rings (SSSR count). The zero-order valence-corrected chi connectivity index (χ0v) is 12.4. The summed E-state index contributed by atoms with van der Waals surface area (Å²) in [4.78, 5) is 24.7. The van der Waals surface area contributed by atoms with E-state index in [2.05, 4.69) is 5.32 Å². The number of carboxylic acid groups (broad SMARTS) is 1. The lowest BCUT2D eigenvalue weighted by Crippen LogP contribution is -2.54. The first-order valence-electron chi connectivity index (χ1n) is 6.24. The van der Waals surface area contributed by atoms with E-state index in [-0.39, 0.29) is 12.1 Å². The van der Waals surface area contributed by atoms with Gasteiger partial charge < -0.3 is 15.3 Å². The molecule has 0 fully saturated rings. The molecule has 2 unspecified atom stereocenters. The van der Waals surface area contributed by atoms with Gasteiger partial charge in [-0.05, 0) is 18.3 Å². The van der Waals surface area contributed by atoms with Crippen LogP contribution in [0.5, 0.6) is 0 Å². The minimum atomic E-state index is -1.01. The zero-order chi connectivity index (χ0) is 14.7. The van der Waals surface area contributed by atoms with Crippen molar-refractivity contribution in [3.63, 3.8) is 0 Å². The molecule has 0 aromatic rings. The molecule has 5 heteroatoms. The molecule has 0 aromatic heterocycles. The molecule has 2 atom stereocenters. The Kier molecular flexibility index (Phi) is 5.64. The summed E-state index contributed by atoms with van der Waals surface area (Å²) in [6, 6.07) is -1.19. The Morgan fingerprint density at radius 3 is 1.89 bits per heavy atom. The van der Waals surface area contributed by atoms with Gasteiger partial charge in [0.2, 0.25) is 0 Å². The lowest BCUT2D eigenvalue weighted by Gasteiger charge is -2.33. The number of aliphatic carboxylic acids is 1. The standard InChI is InChI=1S/C13H26N2O3/c1-8(2)9(3)15(7)12(18)14-10(11(16)17)13(4,5)6/h8-10H,1-7H3,(H,14,18)(H,16,17). The minimum absolute atomic E-state index is 0.0550. The van der Waals surface area contributed by atoms with Crippen molar-refractivity contribution in [3.8, 4) is 0 Å². The van der Waals surface area contributed by atoms with Crippen LogP contribution in [-0.4, -0.2) is 41.1 Å². The second kappa shape index (κ2) is 6.07. The molecule has 0 radical (unpaired) electrons. The third kappa shape index (κ3) is 4.55. The van der Waals surface area contributed by atoms with Gasteiger partial charge in [-0.3, -0.25) is 0 Å². The van der Waals surface area contributed by atoms with Gasteiger partial charge in [0, 0.05) is 13.1 Å². The monoisotopic (exact) mass is 258 g/mol. The van der Waals surface area contributed by atoms with Crippen LogP contribution in [0.4, 0.5) is 4.79 Å². The molecule has 0 saturated carbocycles. The van der Waals surface area contributed by atoms with Gasteiger partial charge in [-0.15, -0.1) is 0 Å². The highest BCUT2D eigenvalue weighted by molar-refractivity contribution is 5.83. The molecule has 5 nitrogen and oxygen atoms in total. The van der Waals surface area contributed by atoms with Crippen molar-refractivity contribution in [3.05, 3.63) is 0 Å². The predicted molar refractivity (Wildman–Crippen MR) is 71.5 cm³/mol. The molecule has 2 N–H and O–H groups in total. The predicted octanol–water partition coefficient (Wildman–Crippen LogP) is 2.17. The van der Waals surface area contributed by atoms with Crippen molar-refractivity contribution >= 4 is 12.0 Å². The lowest BCUT2D eigenvalue weighted by molar-refractivity contribution is -0.142. The number of rotatable bonds is 4. The highest BCUT2D eigenvalue weighted by Gasteiger charge is 2.34.